The van der Waals surface area contributed by atoms with E-state index in [4.69, 9.17) is 4.74 Å². The SMILES string of the molecule is O=C1NC2C=CCN=C2Oc2ccccc21. The number of nitrogens with one attached hydrogen (secondary N) is 1. The number of fused-ring (bicyclic) bond motifs is 2. The van der Waals surface area contributed by atoms with Crippen LogP contribution in [0, 0.1) is 0 Å². The molecule has 0 aliphatic carbocycles. The molecule has 0 radical (unpaired) electrons. The van der Waals surface area contributed by atoms with Crippen LogP contribution in [0.5, 0.6) is 5.75 Å². The molecular formula is C12H10N2O2. The van der Waals surface area contributed by atoms with Crippen molar-refractivity contribution in [3.8, 4) is 5.75 Å². The van der Waals surface area contributed by atoms with Gasteiger partial charge < -0.3 is 10.1 Å². The quantitative estimate of drug-likeness (QED) is 0.658. The number of hydrogen-bond donors (Lipinski definition) is 1. The summed E-state index contributed by atoms with van der Waals surface area (Å²) < 4.78 is 5.65. The number of amides is 1. The van der Waals surface area contributed by atoms with Crippen molar-refractivity contribution in [2.24, 2.45) is 4.99 Å². The van der Waals surface area contributed by atoms with E-state index in [0.717, 1.165) is 0 Å². The van der Waals surface area contributed by atoms with Crippen molar-refractivity contribution in [1.29, 1.82) is 0 Å². The van der Waals surface area contributed by atoms with Gasteiger partial charge in [-0.1, -0.05) is 24.3 Å². The van der Waals surface area contributed by atoms with Gasteiger partial charge in [-0.15, -0.1) is 0 Å². The summed E-state index contributed by atoms with van der Waals surface area (Å²) in [5, 5.41) is 2.86. The van der Waals surface area contributed by atoms with Crippen molar-refractivity contribution in [3.63, 3.8) is 0 Å². The molecule has 2 aliphatic heterocycles. The van der Waals surface area contributed by atoms with Crippen LogP contribution in [0.15, 0.2) is 41.4 Å². The number of nitrogens with zero attached hydrogens (tertiary/aromatic N) is 1. The summed E-state index contributed by atoms with van der Waals surface area (Å²) in [6.07, 6.45) is 3.81. The third kappa shape index (κ3) is 1.39. The Morgan fingerprint density at radius 2 is 2.25 bits per heavy atom. The van der Waals surface area contributed by atoms with E-state index in [9.17, 15) is 4.79 Å². The molecular weight excluding hydrogens is 204 g/mol. The summed E-state index contributed by atoms with van der Waals surface area (Å²) in [6.45, 7) is 0.601. The topological polar surface area (TPSA) is 50.7 Å². The molecule has 1 amide bonds. The molecule has 2 heterocycles. The summed E-state index contributed by atoms with van der Waals surface area (Å²) >= 11 is 0. The lowest BCUT2D eigenvalue weighted by Crippen LogP contribution is -2.40. The van der Waals surface area contributed by atoms with Crippen LogP contribution in [0.1, 0.15) is 10.4 Å². The maximum atomic E-state index is 11.9. The molecule has 16 heavy (non-hydrogen) atoms. The Morgan fingerprint density at radius 1 is 1.38 bits per heavy atom. The Balaban J connectivity index is 2.07. The molecule has 1 atom stereocenters. The number of carbonyl (C=O) groups excluding carboxylic acids is 1. The monoisotopic (exact) mass is 214 g/mol. The fraction of sp³-hybridized carbons (Fsp3) is 0.167. The molecule has 80 valence electrons. The minimum Gasteiger partial charge on any atom is -0.440 e. The Labute approximate surface area is 92.6 Å². The van der Waals surface area contributed by atoms with E-state index < -0.39 is 0 Å². The standard InChI is InChI=1S/C12H10N2O2/c15-11-8-4-1-2-6-10(8)16-12-9(14-11)5-3-7-13-12/h1-6,9H,7H2,(H,14,15). The predicted octanol–water partition coefficient (Wildman–Crippen LogP) is 1.15. The van der Waals surface area contributed by atoms with Crippen molar-refractivity contribution in [3.05, 3.63) is 42.0 Å². The maximum Gasteiger partial charge on any atom is 0.255 e. The summed E-state index contributed by atoms with van der Waals surface area (Å²) in [5.74, 6) is 0.995. The highest BCUT2D eigenvalue weighted by Gasteiger charge is 2.27. The first-order valence-electron chi connectivity index (χ1n) is 5.13. The number of ether oxygens (including phenoxy) is 1. The third-order valence-electron chi connectivity index (χ3n) is 2.58. The van der Waals surface area contributed by atoms with E-state index in [0.29, 0.717) is 23.8 Å². The number of aliphatic imine (C=N–C) groups is 1. The fourth-order valence-electron chi connectivity index (χ4n) is 1.80. The van der Waals surface area contributed by atoms with Gasteiger partial charge in [-0.2, -0.15) is 0 Å². The second-order valence-corrected chi connectivity index (χ2v) is 3.66. The third-order valence-corrected chi connectivity index (χ3v) is 2.58. The highest BCUT2D eigenvalue weighted by Crippen LogP contribution is 2.22. The van der Waals surface area contributed by atoms with Gasteiger partial charge in [-0.05, 0) is 12.1 Å². The van der Waals surface area contributed by atoms with Crippen molar-refractivity contribution in [1.82, 2.24) is 5.32 Å². The van der Waals surface area contributed by atoms with Gasteiger partial charge >= 0.3 is 0 Å². The van der Waals surface area contributed by atoms with Gasteiger partial charge in [0.25, 0.3) is 5.91 Å². The minimum absolute atomic E-state index is 0.127. The van der Waals surface area contributed by atoms with Gasteiger partial charge in [-0.25, -0.2) is 4.99 Å². The van der Waals surface area contributed by atoms with Gasteiger partial charge in [0.15, 0.2) is 0 Å². The summed E-state index contributed by atoms with van der Waals surface area (Å²) in [4.78, 5) is 16.1. The number of para-hydroxylation sites is 1. The summed E-state index contributed by atoms with van der Waals surface area (Å²) in [6, 6.07) is 6.93. The molecule has 0 fully saturated rings. The maximum absolute atomic E-state index is 11.9. The van der Waals surface area contributed by atoms with E-state index in [1.165, 1.54) is 0 Å². The average Bonchev–Trinajstić information content (AvgIpc) is 2.45. The zero-order valence-corrected chi connectivity index (χ0v) is 8.51. The van der Waals surface area contributed by atoms with Gasteiger partial charge in [0.2, 0.25) is 5.90 Å². The van der Waals surface area contributed by atoms with Crippen molar-refractivity contribution >= 4 is 11.8 Å². The molecule has 0 aromatic heterocycles. The summed E-state index contributed by atoms with van der Waals surface area (Å²) in [7, 11) is 0. The highest BCUT2D eigenvalue weighted by molar-refractivity contribution is 6.03. The van der Waals surface area contributed by atoms with Crippen LogP contribution in [0.2, 0.25) is 0 Å². The van der Waals surface area contributed by atoms with Crippen molar-refractivity contribution < 1.29 is 9.53 Å². The predicted molar refractivity (Wildman–Crippen MR) is 59.8 cm³/mol. The Hall–Kier alpha value is -2.10. The number of dihydropyridines is 1. The molecule has 0 saturated carbocycles. The van der Waals surface area contributed by atoms with Crippen LogP contribution in [0.25, 0.3) is 0 Å². The Bertz CT molecular complexity index is 505. The van der Waals surface area contributed by atoms with E-state index in [-0.39, 0.29) is 11.9 Å². The van der Waals surface area contributed by atoms with Gasteiger partial charge in [0.05, 0.1) is 12.1 Å². The average molecular weight is 214 g/mol. The van der Waals surface area contributed by atoms with Gasteiger partial charge in [-0.3, -0.25) is 4.79 Å². The first-order valence-corrected chi connectivity index (χ1v) is 5.13. The number of benzene rings is 1. The molecule has 1 unspecified atom stereocenters. The van der Waals surface area contributed by atoms with Crippen LogP contribution in [-0.4, -0.2) is 24.4 Å². The Kier molecular flexibility index (Phi) is 1.99. The van der Waals surface area contributed by atoms with Crippen LogP contribution in [-0.2, 0) is 0 Å². The summed E-state index contributed by atoms with van der Waals surface area (Å²) in [5.41, 5.74) is 0.549. The van der Waals surface area contributed by atoms with Crippen LogP contribution in [0.3, 0.4) is 0 Å². The number of rotatable bonds is 0. The van der Waals surface area contributed by atoms with E-state index in [1.54, 1.807) is 12.1 Å². The van der Waals surface area contributed by atoms with Crippen LogP contribution in [0.4, 0.5) is 0 Å². The first-order chi connectivity index (χ1) is 7.84. The fourth-order valence-corrected chi connectivity index (χ4v) is 1.80. The second-order valence-electron chi connectivity index (χ2n) is 3.66. The largest absolute Gasteiger partial charge is 0.440 e. The zero-order valence-electron chi connectivity index (χ0n) is 8.51. The van der Waals surface area contributed by atoms with E-state index in [2.05, 4.69) is 10.3 Å². The lowest BCUT2D eigenvalue weighted by Gasteiger charge is -2.15. The van der Waals surface area contributed by atoms with Crippen LogP contribution < -0.4 is 10.1 Å². The molecule has 4 nitrogen and oxygen atoms in total. The number of carbonyl (C=O) groups is 1. The molecule has 1 aromatic rings. The zero-order chi connectivity index (χ0) is 11.0. The smallest absolute Gasteiger partial charge is 0.255 e. The van der Waals surface area contributed by atoms with Crippen molar-refractivity contribution in [2.45, 2.75) is 6.04 Å². The Morgan fingerprint density at radius 3 is 3.19 bits per heavy atom. The lowest BCUT2D eigenvalue weighted by molar-refractivity contribution is 0.0953. The van der Waals surface area contributed by atoms with E-state index in [1.807, 2.05) is 24.3 Å². The number of hydrogen-bond acceptors (Lipinski definition) is 3. The molecule has 0 saturated heterocycles. The van der Waals surface area contributed by atoms with Gasteiger partial charge in [0, 0.05) is 0 Å². The van der Waals surface area contributed by atoms with Crippen LogP contribution >= 0.6 is 0 Å². The normalized spacial score (nSPS) is 22.1. The molecule has 2 aliphatic rings. The molecule has 1 N–H and O–H groups in total. The molecule has 4 heteroatoms. The van der Waals surface area contributed by atoms with Crippen molar-refractivity contribution in [2.75, 3.05) is 6.54 Å². The first kappa shape index (κ1) is 9.15. The van der Waals surface area contributed by atoms with E-state index >= 15 is 0 Å². The molecule has 1 aromatic carbocycles. The minimum atomic E-state index is -0.242. The lowest BCUT2D eigenvalue weighted by atomic mass is 10.2. The molecule has 0 bridgehead atoms. The molecule has 0 spiro atoms. The highest BCUT2D eigenvalue weighted by atomic mass is 16.5. The van der Waals surface area contributed by atoms with Gasteiger partial charge in [0.1, 0.15) is 11.8 Å². The second kappa shape index (κ2) is 3.48. The molecule has 3 rings (SSSR count).